The summed E-state index contributed by atoms with van der Waals surface area (Å²) >= 11 is 0. The highest BCUT2D eigenvalue weighted by molar-refractivity contribution is 5.79. The van der Waals surface area contributed by atoms with Crippen LogP contribution in [-0.2, 0) is 4.79 Å². The number of hydrogen-bond acceptors (Lipinski definition) is 4. The van der Waals surface area contributed by atoms with Crippen LogP contribution in [0.4, 0.5) is 0 Å². The molecule has 2 atom stereocenters. The van der Waals surface area contributed by atoms with Crippen molar-refractivity contribution in [2.75, 3.05) is 40.3 Å². The third-order valence-electron chi connectivity index (χ3n) is 2.97. The lowest BCUT2D eigenvalue weighted by Gasteiger charge is -2.29. The fraction of sp³-hybridized carbons (Fsp3) is 0.917. The SMILES string of the molecule is CN(C)CC(C)(O)CNC(=O)[C@H]1CCCNC1. The number of piperidine rings is 1. The van der Waals surface area contributed by atoms with Crippen molar-refractivity contribution in [2.24, 2.45) is 5.92 Å². The first kappa shape index (κ1) is 14.4. The average Bonchev–Trinajstić information content (AvgIpc) is 2.25. The Morgan fingerprint density at radius 3 is 2.82 bits per heavy atom. The van der Waals surface area contributed by atoms with Gasteiger partial charge in [0, 0.05) is 19.6 Å². The van der Waals surface area contributed by atoms with Crippen LogP contribution in [0.3, 0.4) is 0 Å². The number of hydrogen-bond donors (Lipinski definition) is 3. The lowest BCUT2D eigenvalue weighted by atomic mass is 9.98. The Morgan fingerprint density at radius 2 is 2.29 bits per heavy atom. The molecule has 5 heteroatoms. The number of aliphatic hydroxyl groups is 1. The van der Waals surface area contributed by atoms with E-state index in [4.69, 9.17) is 0 Å². The molecule has 1 fully saturated rings. The highest BCUT2D eigenvalue weighted by atomic mass is 16.3. The monoisotopic (exact) mass is 243 g/mol. The highest BCUT2D eigenvalue weighted by Crippen LogP contribution is 2.10. The standard InChI is InChI=1S/C12H25N3O2/c1-12(17,9-15(2)3)8-14-11(16)10-5-4-6-13-7-10/h10,13,17H,4-9H2,1-3H3,(H,14,16)/t10-,12?/m0/s1. The van der Waals surface area contributed by atoms with Gasteiger partial charge in [-0.05, 0) is 40.4 Å². The number of amides is 1. The van der Waals surface area contributed by atoms with Crippen molar-refractivity contribution in [2.45, 2.75) is 25.4 Å². The summed E-state index contributed by atoms with van der Waals surface area (Å²) in [5, 5.41) is 16.1. The first-order chi connectivity index (χ1) is 7.91. The minimum atomic E-state index is -0.874. The Labute approximate surface area is 104 Å². The summed E-state index contributed by atoms with van der Waals surface area (Å²) in [6.45, 7) is 4.34. The van der Waals surface area contributed by atoms with Crippen LogP contribution in [0.1, 0.15) is 19.8 Å². The van der Waals surface area contributed by atoms with Crippen LogP contribution in [-0.4, -0.2) is 61.8 Å². The maximum absolute atomic E-state index is 11.9. The number of nitrogens with zero attached hydrogens (tertiary/aromatic N) is 1. The fourth-order valence-corrected chi connectivity index (χ4v) is 2.23. The van der Waals surface area contributed by atoms with Crippen molar-refractivity contribution in [1.82, 2.24) is 15.5 Å². The second kappa shape index (κ2) is 6.33. The smallest absolute Gasteiger partial charge is 0.224 e. The normalized spacial score (nSPS) is 24.4. The second-order valence-corrected chi connectivity index (χ2v) is 5.50. The predicted octanol–water partition coefficient (Wildman–Crippen LogP) is -0.585. The maximum atomic E-state index is 11.9. The summed E-state index contributed by atoms with van der Waals surface area (Å²) in [6, 6.07) is 0. The quantitative estimate of drug-likeness (QED) is 0.604. The van der Waals surface area contributed by atoms with Gasteiger partial charge in [0.15, 0.2) is 0 Å². The minimum Gasteiger partial charge on any atom is -0.387 e. The zero-order valence-electron chi connectivity index (χ0n) is 11.1. The maximum Gasteiger partial charge on any atom is 0.224 e. The Kier molecular flexibility index (Phi) is 5.36. The highest BCUT2D eigenvalue weighted by Gasteiger charge is 2.25. The van der Waals surface area contributed by atoms with Gasteiger partial charge in [0.1, 0.15) is 0 Å². The van der Waals surface area contributed by atoms with Gasteiger partial charge in [-0.3, -0.25) is 4.79 Å². The van der Waals surface area contributed by atoms with E-state index in [1.54, 1.807) is 6.92 Å². The van der Waals surface area contributed by atoms with Gasteiger partial charge in [0.25, 0.3) is 0 Å². The number of nitrogens with one attached hydrogen (secondary N) is 2. The fourth-order valence-electron chi connectivity index (χ4n) is 2.23. The number of likely N-dealkylation sites (N-methyl/N-ethyl adjacent to an activating group) is 1. The number of carbonyl (C=O) groups excluding carboxylic acids is 1. The summed E-state index contributed by atoms with van der Waals surface area (Å²) in [7, 11) is 3.81. The summed E-state index contributed by atoms with van der Waals surface area (Å²) < 4.78 is 0. The van der Waals surface area contributed by atoms with Gasteiger partial charge in [0.2, 0.25) is 5.91 Å². The third-order valence-corrected chi connectivity index (χ3v) is 2.97. The van der Waals surface area contributed by atoms with Crippen LogP contribution in [0.2, 0.25) is 0 Å². The molecule has 1 unspecified atom stereocenters. The van der Waals surface area contributed by atoms with Crippen LogP contribution < -0.4 is 10.6 Å². The minimum absolute atomic E-state index is 0.0521. The molecule has 1 saturated heterocycles. The molecule has 1 heterocycles. The van der Waals surface area contributed by atoms with Gasteiger partial charge in [-0.15, -0.1) is 0 Å². The summed E-state index contributed by atoms with van der Waals surface area (Å²) in [5.74, 6) is 0.107. The van der Waals surface area contributed by atoms with Crippen molar-refractivity contribution in [1.29, 1.82) is 0 Å². The first-order valence-electron chi connectivity index (χ1n) is 6.26. The molecule has 0 radical (unpaired) electrons. The number of carbonyl (C=O) groups is 1. The zero-order chi connectivity index (χ0) is 12.9. The molecule has 1 rings (SSSR count). The van der Waals surface area contributed by atoms with Crippen LogP contribution in [0, 0.1) is 5.92 Å². The van der Waals surface area contributed by atoms with Crippen LogP contribution >= 0.6 is 0 Å². The van der Waals surface area contributed by atoms with Gasteiger partial charge in [0.05, 0.1) is 11.5 Å². The van der Waals surface area contributed by atoms with Gasteiger partial charge in [-0.1, -0.05) is 0 Å². The van der Waals surface area contributed by atoms with E-state index in [1.165, 1.54) is 0 Å². The Balaban J connectivity index is 2.31. The molecule has 17 heavy (non-hydrogen) atoms. The summed E-state index contributed by atoms with van der Waals surface area (Å²) in [4.78, 5) is 13.8. The third kappa shape index (κ3) is 5.48. The largest absolute Gasteiger partial charge is 0.387 e. The van der Waals surface area contributed by atoms with Crippen LogP contribution in [0.15, 0.2) is 0 Å². The molecule has 1 aliphatic rings. The van der Waals surface area contributed by atoms with Crippen LogP contribution in [0.5, 0.6) is 0 Å². The molecule has 1 aliphatic heterocycles. The van der Waals surface area contributed by atoms with Crippen molar-refractivity contribution >= 4 is 5.91 Å². The van der Waals surface area contributed by atoms with E-state index in [1.807, 2.05) is 19.0 Å². The van der Waals surface area contributed by atoms with Crippen LogP contribution in [0.25, 0.3) is 0 Å². The van der Waals surface area contributed by atoms with E-state index in [0.717, 1.165) is 25.9 Å². The molecule has 0 aromatic rings. The van der Waals surface area contributed by atoms with E-state index >= 15 is 0 Å². The predicted molar refractivity (Wildman–Crippen MR) is 67.8 cm³/mol. The van der Waals surface area contributed by atoms with Crippen molar-refractivity contribution in [3.05, 3.63) is 0 Å². The average molecular weight is 243 g/mol. The Morgan fingerprint density at radius 1 is 1.59 bits per heavy atom. The summed E-state index contributed by atoms with van der Waals surface area (Å²) in [5.41, 5.74) is -0.874. The second-order valence-electron chi connectivity index (χ2n) is 5.50. The van der Waals surface area contributed by atoms with E-state index in [2.05, 4.69) is 10.6 Å². The molecule has 0 aliphatic carbocycles. The Bertz CT molecular complexity index is 248. The molecule has 0 aromatic heterocycles. The molecule has 1 amide bonds. The topological polar surface area (TPSA) is 64.6 Å². The van der Waals surface area contributed by atoms with E-state index in [0.29, 0.717) is 13.1 Å². The molecule has 0 spiro atoms. The summed E-state index contributed by atoms with van der Waals surface area (Å²) in [6.07, 6.45) is 1.99. The zero-order valence-corrected chi connectivity index (χ0v) is 11.1. The molecule has 0 bridgehead atoms. The number of rotatable bonds is 5. The van der Waals surface area contributed by atoms with Crippen molar-refractivity contribution < 1.29 is 9.90 Å². The first-order valence-corrected chi connectivity index (χ1v) is 6.26. The molecule has 100 valence electrons. The molecule has 0 saturated carbocycles. The molecular formula is C12H25N3O2. The van der Waals surface area contributed by atoms with Crippen molar-refractivity contribution in [3.63, 3.8) is 0 Å². The van der Waals surface area contributed by atoms with E-state index < -0.39 is 5.60 Å². The van der Waals surface area contributed by atoms with Gasteiger partial charge in [-0.25, -0.2) is 0 Å². The molecular weight excluding hydrogens is 218 g/mol. The molecule has 3 N–H and O–H groups in total. The lowest BCUT2D eigenvalue weighted by Crippen LogP contribution is -2.49. The van der Waals surface area contributed by atoms with Gasteiger partial charge < -0.3 is 20.6 Å². The Hall–Kier alpha value is -0.650. The van der Waals surface area contributed by atoms with E-state index in [-0.39, 0.29) is 11.8 Å². The van der Waals surface area contributed by atoms with Gasteiger partial charge in [-0.2, -0.15) is 0 Å². The van der Waals surface area contributed by atoms with Gasteiger partial charge >= 0.3 is 0 Å². The molecule has 0 aromatic carbocycles. The molecule has 5 nitrogen and oxygen atoms in total. The lowest BCUT2D eigenvalue weighted by molar-refractivity contribution is -0.126. The van der Waals surface area contributed by atoms with E-state index in [9.17, 15) is 9.90 Å². The van der Waals surface area contributed by atoms with Crippen molar-refractivity contribution in [3.8, 4) is 0 Å².